The standard InChI is InChI=1S/C19H28FN5/c1-5-17-16(18(6-2)25(4)24-17)13-23-19(21-3)22-11-10-14-8-7-9-15(20)12-14/h7-9,12H,5-6,10-11,13H2,1-4H3,(H2,21,22,23). The smallest absolute Gasteiger partial charge is 0.191 e. The maximum Gasteiger partial charge on any atom is 0.191 e. The van der Waals surface area contributed by atoms with Crippen molar-refractivity contribution in [2.75, 3.05) is 13.6 Å². The number of hydrogen-bond acceptors (Lipinski definition) is 2. The second kappa shape index (κ2) is 9.20. The molecule has 0 atom stereocenters. The van der Waals surface area contributed by atoms with Gasteiger partial charge in [-0.25, -0.2) is 4.39 Å². The van der Waals surface area contributed by atoms with Gasteiger partial charge in [-0.2, -0.15) is 5.10 Å². The minimum absolute atomic E-state index is 0.198. The first-order chi connectivity index (χ1) is 12.1. The summed E-state index contributed by atoms with van der Waals surface area (Å²) in [7, 11) is 3.75. The van der Waals surface area contributed by atoms with Crippen LogP contribution in [0.4, 0.5) is 4.39 Å². The molecule has 0 aliphatic carbocycles. The summed E-state index contributed by atoms with van der Waals surface area (Å²) in [6.45, 7) is 5.65. The van der Waals surface area contributed by atoms with E-state index in [1.54, 1.807) is 19.2 Å². The summed E-state index contributed by atoms with van der Waals surface area (Å²) < 4.78 is 15.2. The Bertz CT molecular complexity index is 721. The van der Waals surface area contributed by atoms with Crippen molar-refractivity contribution in [3.8, 4) is 0 Å². The molecule has 6 heteroatoms. The first kappa shape index (κ1) is 19.0. The molecule has 2 rings (SSSR count). The quantitative estimate of drug-likeness (QED) is 0.599. The van der Waals surface area contributed by atoms with Crippen LogP contribution in [0.25, 0.3) is 0 Å². The van der Waals surface area contributed by atoms with Crippen molar-refractivity contribution < 1.29 is 4.39 Å². The van der Waals surface area contributed by atoms with Crippen LogP contribution in [-0.2, 0) is 32.9 Å². The largest absolute Gasteiger partial charge is 0.356 e. The molecule has 0 fully saturated rings. The Morgan fingerprint density at radius 1 is 1.24 bits per heavy atom. The molecule has 0 aliphatic heterocycles. The lowest BCUT2D eigenvalue weighted by Gasteiger charge is -2.13. The van der Waals surface area contributed by atoms with E-state index in [0.717, 1.165) is 36.5 Å². The molecule has 0 unspecified atom stereocenters. The fraction of sp³-hybridized carbons (Fsp3) is 0.474. The van der Waals surface area contributed by atoms with Crippen LogP contribution in [0, 0.1) is 5.82 Å². The van der Waals surface area contributed by atoms with Crippen LogP contribution in [0.2, 0.25) is 0 Å². The zero-order valence-corrected chi connectivity index (χ0v) is 15.6. The van der Waals surface area contributed by atoms with Gasteiger partial charge in [-0.3, -0.25) is 9.67 Å². The van der Waals surface area contributed by atoms with E-state index in [1.807, 2.05) is 17.8 Å². The van der Waals surface area contributed by atoms with Crippen molar-refractivity contribution in [3.05, 3.63) is 52.6 Å². The van der Waals surface area contributed by atoms with Crippen LogP contribution in [0.3, 0.4) is 0 Å². The minimum atomic E-state index is -0.198. The molecule has 1 heterocycles. The number of rotatable bonds is 7. The second-order valence-corrected chi connectivity index (χ2v) is 5.94. The number of aryl methyl sites for hydroxylation is 2. The predicted molar refractivity (Wildman–Crippen MR) is 100 cm³/mol. The Morgan fingerprint density at radius 3 is 2.68 bits per heavy atom. The van der Waals surface area contributed by atoms with Gasteiger partial charge in [0.2, 0.25) is 0 Å². The summed E-state index contributed by atoms with van der Waals surface area (Å²) in [6.07, 6.45) is 2.61. The fourth-order valence-corrected chi connectivity index (χ4v) is 3.00. The molecular formula is C19H28FN5. The number of nitrogens with one attached hydrogen (secondary N) is 2. The number of aliphatic imine (C=N–C) groups is 1. The third-order valence-electron chi connectivity index (χ3n) is 4.28. The second-order valence-electron chi connectivity index (χ2n) is 5.94. The molecule has 25 heavy (non-hydrogen) atoms. The van der Waals surface area contributed by atoms with E-state index in [4.69, 9.17) is 0 Å². The van der Waals surface area contributed by atoms with Gasteiger partial charge in [0.05, 0.1) is 5.69 Å². The molecule has 0 radical (unpaired) electrons. The zero-order valence-electron chi connectivity index (χ0n) is 15.6. The summed E-state index contributed by atoms with van der Waals surface area (Å²) in [5.74, 6) is 0.542. The van der Waals surface area contributed by atoms with Gasteiger partial charge in [0.25, 0.3) is 0 Å². The lowest BCUT2D eigenvalue weighted by atomic mass is 10.1. The number of guanidine groups is 1. The molecule has 2 aromatic rings. The average molecular weight is 345 g/mol. The third kappa shape index (κ3) is 5.05. The highest BCUT2D eigenvalue weighted by atomic mass is 19.1. The molecule has 0 saturated carbocycles. The lowest BCUT2D eigenvalue weighted by molar-refractivity contribution is 0.625. The van der Waals surface area contributed by atoms with E-state index in [9.17, 15) is 4.39 Å². The zero-order chi connectivity index (χ0) is 18.2. The maximum atomic E-state index is 13.2. The summed E-state index contributed by atoms with van der Waals surface area (Å²) in [6, 6.07) is 6.69. The Labute approximate surface area is 149 Å². The van der Waals surface area contributed by atoms with Gasteiger partial charge in [-0.15, -0.1) is 0 Å². The summed E-state index contributed by atoms with van der Waals surface area (Å²) in [4.78, 5) is 4.26. The molecular weight excluding hydrogens is 317 g/mol. The van der Waals surface area contributed by atoms with Gasteiger partial charge >= 0.3 is 0 Å². The van der Waals surface area contributed by atoms with Gasteiger partial charge in [0.1, 0.15) is 5.82 Å². The number of halogens is 1. The molecule has 0 bridgehead atoms. The lowest BCUT2D eigenvalue weighted by Crippen LogP contribution is -2.38. The summed E-state index contributed by atoms with van der Waals surface area (Å²) in [5.41, 5.74) is 4.60. The molecule has 136 valence electrons. The molecule has 2 N–H and O–H groups in total. The van der Waals surface area contributed by atoms with Gasteiger partial charge in [-0.05, 0) is 37.0 Å². The first-order valence-electron chi connectivity index (χ1n) is 8.81. The van der Waals surface area contributed by atoms with Crippen LogP contribution in [0.5, 0.6) is 0 Å². The average Bonchev–Trinajstić information content (AvgIpc) is 2.92. The third-order valence-corrected chi connectivity index (χ3v) is 4.28. The van der Waals surface area contributed by atoms with E-state index < -0.39 is 0 Å². The number of hydrogen-bond donors (Lipinski definition) is 2. The highest BCUT2D eigenvalue weighted by molar-refractivity contribution is 5.79. The molecule has 1 aromatic carbocycles. The topological polar surface area (TPSA) is 54.2 Å². The summed E-state index contributed by atoms with van der Waals surface area (Å²) >= 11 is 0. The highest BCUT2D eigenvalue weighted by Crippen LogP contribution is 2.15. The van der Waals surface area contributed by atoms with E-state index in [0.29, 0.717) is 13.1 Å². The van der Waals surface area contributed by atoms with Gasteiger partial charge in [-0.1, -0.05) is 26.0 Å². The first-order valence-corrected chi connectivity index (χ1v) is 8.81. The number of aromatic nitrogens is 2. The van der Waals surface area contributed by atoms with Crippen molar-refractivity contribution in [2.24, 2.45) is 12.0 Å². The Morgan fingerprint density at radius 2 is 2.04 bits per heavy atom. The number of nitrogens with zero attached hydrogens (tertiary/aromatic N) is 3. The summed E-state index contributed by atoms with van der Waals surface area (Å²) in [5, 5.41) is 11.2. The van der Waals surface area contributed by atoms with E-state index in [2.05, 4.69) is 34.6 Å². The minimum Gasteiger partial charge on any atom is -0.356 e. The fourth-order valence-electron chi connectivity index (χ4n) is 3.00. The van der Waals surface area contributed by atoms with Crippen molar-refractivity contribution in [1.29, 1.82) is 0 Å². The van der Waals surface area contributed by atoms with Crippen LogP contribution in [-0.4, -0.2) is 29.3 Å². The van der Waals surface area contributed by atoms with Crippen molar-refractivity contribution in [2.45, 2.75) is 39.7 Å². The van der Waals surface area contributed by atoms with Crippen molar-refractivity contribution >= 4 is 5.96 Å². The van der Waals surface area contributed by atoms with E-state index in [1.165, 1.54) is 17.3 Å². The predicted octanol–water partition coefficient (Wildman–Crippen LogP) is 2.59. The van der Waals surface area contributed by atoms with Crippen LogP contribution in [0.1, 0.15) is 36.4 Å². The maximum absolute atomic E-state index is 13.2. The van der Waals surface area contributed by atoms with Gasteiger partial charge in [0.15, 0.2) is 5.96 Å². The van der Waals surface area contributed by atoms with Crippen LogP contribution < -0.4 is 10.6 Å². The molecule has 1 aromatic heterocycles. The molecule has 0 amide bonds. The van der Waals surface area contributed by atoms with E-state index >= 15 is 0 Å². The Kier molecular flexibility index (Phi) is 6.98. The highest BCUT2D eigenvalue weighted by Gasteiger charge is 2.13. The Hall–Kier alpha value is -2.37. The monoisotopic (exact) mass is 345 g/mol. The molecule has 0 saturated heterocycles. The van der Waals surface area contributed by atoms with Crippen LogP contribution >= 0.6 is 0 Å². The normalized spacial score (nSPS) is 11.6. The van der Waals surface area contributed by atoms with Crippen molar-refractivity contribution in [3.63, 3.8) is 0 Å². The molecule has 5 nitrogen and oxygen atoms in total. The molecule has 0 spiro atoms. The van der Waals surface area contributed by atoms with Crippen LogP contribution in [0.15, 0.2) is 29.3 Å². The van der Waals surface area contributed by atoms with E-state index in [-0.39, 0.29) is 5.82 Å². The van der Waals surface area contributed by atoms with Gasteiger partial charge < -0.3 is 10.6 Å². The molecule has 0 aliphatic rings. The van der Waals surface area contributed by atoms with Gasteiger partial charge in [0, 0.05) is 38.4 Å². The Balaban J connectivity index is 1.90. The SMILES string of the molecule is CCc1nn(C)c(CC)c1CNC(=NC)NCCc1cccc(F)c1. The number of benzene rings is 1. The van der Waals surface area contributed by atoms with Crippen molar-refractivity contribution in [1.82, 2.24) is 20.4 Å².